The Labute approximate surface area is 123 Å². The van der Waals surface area contributed by atoms with Gasteiger partial charge in [-0.05, 0) is 54.0 Å². The van der Waals surface area contributed by atoms with Gasteiger partial charge in [0, 0.05) is 11.9 Å². The number of hydrogen-bond donors (Lipinski definition) is 1. The number of nitrogens with one attached hydrogen (secondary N) is 1. The number of carbonyl (C=O) groups excluding carboxylic acids is 1. The average Bonchev–Trinajstić information content (AvgIpc) is 2.97. The lowest BCUT2D eigenvalue weighted by Gasteiger charge is -2.05. The van der Waals surface area contributed by atoms with Crippen LogP contribution in [0.4, 0.5) is 5.69 Å². The maximum atomic E-state index is 12.1. The van der Waals surface area contributed by atoms with Gasteiger partial charge in [-0.1, -0.05) is 0 Å². The van der Waals surface area contributed by atoms with E-state index in [1.165, 1.54) is 0 Å². The van der Waals surface area contributed by atoms with Crippen molar-refractivity contribution in [1.82, 2.24) is 9.38 Å². The third-order valence-corrected chi connectivity index (χ3v) is 3.60. The summed E-state index contributed by atoms with van der Waals surface area (Å²) in [5.41, 5.74) is 3.37. The molecule has 0 fully saturated rings. The number of amides is 1. The molecule has 0 bridgehead atoms. The van der Waals surface area contributed by atoms with E-state index in [1.54, 1.807) is 12.1 Å². The Balaban J connectivity index is 1.99. The van der Waals surface area contributed by atoms with Crippen LogP contribution in [0.15, 0.2) is 39.5 Å². The summed E-state index contributed by atoms with van der Waals surface area (Å²) in [6.45, 7) is 3.93. The van der Waals surface area contributed by atoms with E-state index in [4.69, 9.17) is 4.42 Å². The summed E-state index contributed by atoms with van der Waals surface area (Å²) in [7, 11) is 0. The summed E-state index contributed by atoms with van der Waals surface area (Å²) >= 11 is 3.18. The predicted molar refractivity (Wildman–Crippen MR) is 79.0 cm³/mol. The highest BCUT2D eigenvalue weighted by molar-refractivity contribution is 9.10. The first-order valence-electron chi connectivity index (χ1n) is 6.07. The lowest BCUT2D eigenvalue weighted by Crippen LogP contribution is -2.11. The van der Waals surface area contributed by atoms with E-state index in [2.05, 4.69) is 26.2 Å². The number of aromatic nitrogens is 2. The lowest BCUT2D eigenvalue weighted by molar-refractivity contribution is 0.0995. The topological polar surface area (TPSA) is 59.5 Å². The highest BCUT2D eigenvalue weighted by Crippen LogP contribution is 2.21. The summed E-state index contributed by atoms with van der Waals surface area (Å²) < 4.78 is 7.70. The Morgan fingerprint density at radius 3 is 2.85 bits per heavy atom. The predicted octanol–water partition coefficient (Wildman–Crippen LogP) is 3.56. The molecule has 6 heteroatoms. The van der Waals surface area contributed by atoms with Crippen molar-refractivity contribution in [1.29, 1.82) is 0 Å². The van der Waals surface area contributed by atoms with Gasteiger partial charge in [0.1, 0.15) is 0 Å². The van der Waals surface area contributed by atoms with E-state index in [-0.39, 0.29) is 11.7 Å². The minimum Gasteiger partial charge on any atom is -0.444 e. The Hall–Kier alpha value is -2.08. The molecule has 0 spiro atoms. The van der Waals surface area contributed by atoms with Crippen molar-refractivity contribution in [2.75, 3.05) is 5.32 Å². The number of nitrogens with zero attached hydrogens (tertiary/aromatic N) is 2. The zero-order valence-electron chi connectivity index (χ0n) is 11.0. The first-order chi connectivity index (χ1) is 9.56. The van der Waals surface area contributed by atoms with Gasteiger partial charge < -0.3 is 14.1 Å². The van der Waals surface area contributed by atoms with Gasteiger partial charge in [0.05, 0.1) is 11.4 Å². The summed E-state index contributed by atoms with van der Waals surface area (Å²) in [6.07, 6.45) is 1.92. The maximum absolute atomic E-state index is 12.1. The van der Waals surface area contributed by atoms with Crippen molar-refractivity contribution in [2.24, 2.45) is 0 Å². The summed E-state index contributed by atoms with van der Waals surface area (Å²) in [6, 6.07) is 6.98. The highest BCUT2D eigenvalue weighted by atomic mass is 79.9. The third-order valence-electron chi connectivity index (χ3n) is 3.17. The molecule has 1 N–H and O–H groups in total. The molecular formula is C14H12BrN3O2. The molecule has 102 valence electrons. The number of carbonyl (C=O) groups is 1. The van der Waals surface area contributed by atoms with Crippen LogP contribution in [0.3, 0.4) is 0 Å². The number of furan rings is 1. The van der Waals surface area contributed by atoms with Gasteiger partial charge in [-0.2, -0.15) is 0 Å². The second-order valence-corrected chi connectivity index (χ2v) is 5.24. The average molecular weight is 334 g/mol. The maximum Gasteiger partial charge on any atom is 0.291 e. The largest absolute Gasteiger partial charge is 0.444 e. The summed E-state index contributed by atoms with van der Waals surface area (Å²) in [4.78, 5) is 16.6. The van der Waals surface area contributed by atoms with E-state index in [0.717, 1.165) is 17.0 Å². The van der Waals surface area contributed by atoms with Gasteiger partial charge in [0.2, 0.25) is 0 Å². The highest BCUT2D eigenvalue weighted by Gasteiger charge is 2.14. The number of halogens is 1. The van der Waals surface area contributed by atoms with Crippen LogP contribution in [-0.2, 0) is 0 Å². The molecule has 0 radical (unpaired) electrons. The Morgan fingerprint density at radius 1 is 1.35 bits per heavy atom. The summed E-state index contributed by atoms with van der Waals surface area (Å²) in [5, 5.41) is 2.82. The fourth-order valence-electron chi connectivity index (χ4n) is 2.02. The lowest BCUT2D eigenvalue weighted by atomic mass is 10.3. The van der Waals surface area contributed by atoms with Crippen LogP contribution in [0.25, 0.3) is 5.65 Å². The fraction of sp³-hybridized carbons (Fsp3) is 0.143. The molecule has 0 aliphatic carbocycles. The molecule has 0 atom stereocenters. The Morgan fingerprint density at radius 2 is 2.15 bits per heavy atom. The number of pyridine rings is 1. The van der Waals surface area contributed by atoms with Gasteiger partial charge in [-0.15, -0.1) is 0 Å². The Kier molecular flexibility index (Phi) is 3.10. The van der Waals surface area contributed by atoms with Crippen molar-refractivity contribution in [2.45, 2.75) is 13.8 Å². The molecule has 0 aliphatic rings. The second kappa shape index (κ2) is 4.79. The smallest absolute Gasteiger partial charge is 0.291 e. The molecular weight excluding hydrogens is 322 g/mol. The fourth-order valence-corrected chi connectivity index (χ4v) is 2.32. The summed E-state index contributed by atoms with van der Waals surface area (Å²) in [5.74, 6) is -0.0546. The molecule has 20 heavy (non-hydrogen) atoms. The quantitative estimate of drug-likeness (QED) is 0.780. The molecule has 1 amide bonds. The van der Waals surface area contributed by atoms with Gasteiger partial charge in [-0.25, -0.2) is 4.98 Å². The normalized spacial score (nSPS) is 10.9. The standard InChI is InChI=1S/C14H12BrN3O2/c1-8-9(2)18-7-3-4-10(13(18)16-8)17-14(19)11-5-6-12(15)20-11/h3-7H,1-2H3,(H,17,19). The van der Waals surface area contributed by atoms with Crippen molar-refractivity contribution < 1.29 is 9.21 Å². The number of rotatable bonds is 2. The van der Waals surface area contributed by atoms with E-state index in [0.29, 0.717) is 10.4 Å². The van der Waals surface area contributed by atoms with Crippen molar-refractivity contribution in [3.8, 4) is 0 Å². The van der Waals surface area contributed by atoms with Crippen LogP contribution < -0.4 is 5.32 Å². The minimum absolute atomic E-state index is 0.249. The number of imidazole rings is 1. The van der Waals surface area contributed by atoms with Crippen LogP contribution in [0.2, 0.25) is 0 Å². The van der Waals surface area contributed by atoms with E-state index in [1.807, 2.05) is 36.6 Å². The van der Waals surface area contributed by atoms with Crippen LogP contribution >= 0.6 is 15.9 Å². The minimum atomic E-state index is -0.304. The van der Waals surface area contributed by atoms with E-state index >= 15 is 0 Å². The van der Waals surface area contributed by atoms with Gasteiger partial charge in [-0.3, -0.25) is 4.79 Å². The van der Waals surface area contributed by atoms with E-state index in [9.17, 15) is 4.79 Å². The van der Waals surface area contributed by atoms with Crippen molar-refractivity contribution in [3.63, 3.8) is 0 Å². The third kappa shape index (κ3) is 2.12. The van der Waals surface area contributed by atoms with Crippen LogP contribution in [0.5, 0.6) is 0 Å². The molecule has 3 rings (SSSR count). The zero-order chi connectivity index (χ0) is 14.3. The molecule has 3 heterocycles. The molecule has 0 saturated heterocycles. The van der Waals surface area contributed by atoms with Crippen molar-refractivity contribution >= 4 is 33.2 Å². The van der Waals surface area contributed by atoms with Crippen LogP contribution in [0.1, 0.15) is 21.9 Å². The molecule has 5 nitrogen and oxygen atoms in total. The van der Waals surface area contributed by atoms with Gasteiger partial charge in [0.15, 0.2) is 16.1 Å². The van der Waals surface area contributed by atoms with Gasteiger partial charge >= 0.3 is 0 Å². The van der Waals surface area contributed by atoms with Crippen molar-refractivity contribution in [3.05, 3.63) is 52.3 Å². The Bertz CT molecular complexity index is 804. The first-order valence-corrected chi connectivity index (χ1v) is 6.86. The molecule has 0 saturated carbocycles. The molecule has 0 aliphatic heterocycles. The second-order valence-electron chi connectivity index (χ2n) is 4.46. The monoisotopic (exact) mass is 333 g/mol. The SMILES string of the molecule is Cc1nc2c(NC(=O)c3ccc(Br)o3)cccn2c1C. The molecule has 3 aromatic rings. The molecule has 0 unspecified atom stereocenters. The zero-order valence-corrected chi connectivity index (χ0v) is 12.6. The first kappa shape index (κ1) is 12.9. The molecule has 3 aromatic heterocycles. The van der Waals surface area contributed by atoms with E-state index < -0.39 is 0 Å². The van der Waals surface area contributed by atoms with Crippen LogP contribution in [0, 0.1) is 13.8 Å². The van der Waals surface area contributed by atoms with Crippen LogP contribution in [-0.4, -0.2) is 15.3 Å². The number of aryl methyl sites for hydroxylation is 2. The number of fused-ring (bicyclic) bond motifs is 1. The molecule has 0 aromatic carbocycles. The van der Waals surface area contributed by atoms with Gasteiger partial charge in [0.25, 0.3) is 5.91 Å². The number of anilines is 1. The number of hydrogen-bond acceptors (Lipinski definition) is 3.